The smallest absolute Gasteiger partial charge is 0.325 e. The standard InChI is InChI=1S/C18H18F2N4O3/c1-17(12-8-11(19)4-5-13(12)20)15(26)24(16(27)23-17)9-14(25)22-18(10-21)6-2-3-7-18/h4-5,8H,2-3,6-7,9H2,1H3,(H,22,25)(H,23,27)/t17-/m1/s1. The van der Waals surface area contributed by atoms with E-state index < -0.39 is 47.1 Å². The van der Waals surface area contributed by atoms with E-state index in [0.717, 1.165) is 31.0 Å². The highest BCUT2D eigenvalue weighted by molar-refractivity contribution is 6.09. The summed E-state index contributed by atoms with van der Waals surface area (Å²) in [6.07, 6.45) is 2.60. The molecule has 3 rings (SSSR count). The minimum Gasteiger partial charge on any atom is -0.336 e. The van der Waals surface area contributed by atoms with Crippen LogP contribution in [0.5, 0.6) is 0 Å². The van der Waals surface area contributed by atoms with Gasteiger partial charge in [-0.1, -0.05) is 0 Å². The van der Waals surface area contributed by atoms with E-state index in [9.17, 15) is 28.4 Å². The summed E-state index contributed by atoms with van der Waals surface area (Å²) in [5.74, 6) is -3.15. The Balaban J connectivity index is 1.79. The third-order valence-electron chi connectivity index (χ3n) is 5.09. The molecule has 1 saturated carbocycles. The zero-order valence-electron chi connectivity index (χ0n) is 14.6. The molecule has 1 saturated heterocycles. The van der Waals surface area contributed by atoms with Crippen LogP contribution in [0.15, 0.2) is 18.2 Å². The van der Waals surface area contributed by atoms with Crippen molar-refractivity contribution in [3.63, 3.8) is 0 Å². The number of rotatable bonds is 4. The summed E-state index contributed by atoms with van der Waals surface area (Å²) in [7, 11) is 0. The van der Waals surface area contributed by atoms with Crippen molar-refractivity contribution < 1.29 is 23.2 Å². The zero-order chi connectivity index (χ0) is 19.8. The van der Waals surface area contributed by atoms with Gasteiger partial charge in [-0.15, -0.1) is 0 Å². The maximum atomic E-state index is 14.1. The molecule has 0 aromatic heterocycles. The predicted molar refractivity (Wildman–Crippen MR) is 88.9 cm³/mol. The number of amides is 4. The van der Waals surface area contributed by atoms with Gasteiger partial charge in [0.2, 0.25) is 5.91 Å². The van der Waals surface area contributed by atoms with Crippen molar-refractivity contribution in [2.24, 2.45) is 0 Å². The summed E-state index contributed by atoms with van der Waals surface area (Å²) in [5, 5.41) is 14.2. The van der Waals surface area contributed by atoms with Gasteiger partial charge in [-0.05, 0) is 50.8 Å². The van der Waals surface area contributed by atoms with Gasteiger partial charge in [-0.25, -0.2) is 13.6 Å². The van der Waals surface area contributed by atoms with Crippen LogP contribution in [0.1, 0.15) is 38.2 Å². The summed E-state index contributed by atoms with van der Waals surface area (Å²) in [6.45, 7) is 0.636. The van der Waals surface area contributed by atoms with Crippen LogP contribution in [0.4, 0.5) is 13.6 Å². The van der Waals surface area contributed by atoms with E-state index in [0.29, 0.717) is 17.7 Å². The number of benzene rings is 1. The molecule has 1 aromatic rings. The molecule has 1 aromatic carbocycles. The summed E-state index contributed by atoms with van der Waals surface area (Å²) in [5.41, 5.74) is -3.15. The molecular formula is C18H18F2N4O3. The number of carbonyl (C=O) groups is 3. The third-order valence-corrected chi connectivity index (χ3v) is 5.09. The number of halogens is 2. The van der Waals surface area contributed by atoms with E-state index >= 15 is 0 Å². The Hall–Kier alpha value is -3.02. The van der Waals surface area contributed by atoms with Crippen LogP contribution in [0.3, 0.4) is 0 Å². The van der Waals surface area contributed by atoms with Crippen LogP contribution in [-0.4, -0.2) is 34.8 Å². The van der Waals surface area contributed by atoms with Gasteiger partial charge in [0.15, 0.2) is 0 Å². The van der Waals surface area contributed by atoms with E-state index in [1.54, 1.807) is 0 Å². The fourth-order valence-corrected chi connectivity index (χ4v) is 3.60. The van der Waals surface area contributed by atoms with Crippen molar-refractivity contribution in [1.29, 1.82) is 5.26 Å². The molecule has 2 fully saturated rings. The highest BCUT2D eigenvalue weighted by Gasteiger charge is 2.51. The first-order chi connectivity index (χ1) is 12.7. The maximum absolute atomic E-state index is 14.1. The van der Waals surface area contributed by atoms with Gasteiger partial charge >= 0.3 is 6.03 Å². The molecule has 1 aliphatic heterocycles. The summed E-state index contributed by atoms with van der Waals surface area (Å²) in [6, 6.07) is 3.79. The van der Waals surface area contributed by atoms with Crippen LogP contribution in [0, 0.1) is 23.0 Å². The average Bonchev–Trinajstić information content (AvgIpc) is 3.17. The minimum atomic E-state index is -1.83. The van der Waals surface area contributed by atoms with Gasteiger partial charge in [0, 0.05) is 5.56 Å². The number of nitriles is 1. The monoisotopic (exact) mass is 376 g/mol. The van der Waals surface area contributed by atoms with Crippen molar-refractivity contribution in [3.05, 3.63) is 35.4 Å². The molecular weight excluding hydrogens is 358 g/mol. The lowest BCUT2D eigenvalue weighted by molar-refractivity contribution is -0.135. The Labute approximate surface area is 154 Å². The first kappa shape index (κ1) is 18.8. The molecule has 1 aliphatic carbocycles. The molecule has 0 radical (unpaired) electrons. The van der Waals surface area contributed by atoms with Crippen molar-refractivity contribution >= 4 is 17.8 Å². The fourth-order valence-electron chi connectivity index (χ4n) is 3.60. The Morgan fingerprint density at radius 2 is 2.00 bits per heavy atom. The molecule has 7 nitrogen and oxygen atoms in total. The van der Waals surface area contributed by atoms with Crippen molar-refractivity contribution in [3.8, 4) is 6.07 Å². The minimum absolute atomic E-state index is 0.326. The molecule has 4 amide bonds. The highest BCUT2D eigenvalue weighted by atomic mass is 19.1. The molecule has 1 heterocycles. The van der Waals surface area contributed by atoms with Crippen LogP contribution >= 0.6 is 0 Å². The predicted octanol–water partition coefficient (Wildman–Crippen LogP) is 1.68. The second-order valence-corrected chi connectivity index (χ2v) is 7.02. The van der Waals surface area contributed by atoms with Crippen LogP contribution < -0.4 is 10.6 Å². The number of hydrogen-bond donors (Lipinski definition) is 2. The van der Waals surface area contributed by atoms with E-state index in [-0.39, 0.29) is 5.56 Å². The molecule has 2 N–H and O–H groups in total. The Kier molecular flexibility index (Phi) is 4.59. The van der Waals surface area contributed by atoms with Crippen LogP contribution in [-0.2, 0) is 15.1 Å². The van der Waals surface area contributed by atoms with Crippen molar-refractivity contribution in [2.75, 3.05) is 6.54 Å². The Morgan fingerprint density at radius 3 is 2.63 bits per heavy atom. The number of carbonyl (C=O) groups excluding carboxylic acids is 3. The summed E-state index contributed by atoms with van der Waals surface area (Å²) < 4.78 is 27.6. The van der Waals surface area contributed by atoms with Gasteiger partial charge in [0.25, 0.3) is 5.91 Å². The lowest BCUT2D eigenvalue weighted by Crippen LogP contribution is -2.50. The van der Waals surface area contributed by atoms with E-state index in [4.69, 9.17) is 0 Å². The fraction of sp³-hybridized carbons (Fsp3) is 0.444. The van der Waals surface area contributed by atoms with Gasteiger partial charge < -0.3 is 10.6 Å². The number of nitrogens with zero attached hydrogens (tertiary/aromatic N) is 2. The SMILES string of the molecule is C[C@]1(c2cc(F)ccc2F)NC(=O)N(CC(=O)NC2(C#N)CCCC2)C1=O. The van der Waals surface area contributed by atoms with Crippen LogP contribution in [0.25, 0.3) is 0 Å². The topological polar surface area (TPSA) is 102 Å². The lowest BCUT2D eigenvalue weighted by Gasteiger charge is -2.24. The zero-order valence-corrected chi connectivity index (χ0v) is 14.6. The van der Waals surface area contributed by atoms with Crippen molar-refractivity contribution in [1.82, 2.24) is 15.5 Å². The van der Waals surface area contributed by atoms with Crippen LogP contribution in [0.2, 0.25) is 0 Å². The van der Waals surface area contributed by atoms with Gasteiger partial charge in [0.05, 0.1) is 6.07 Å². The number of imide groups is 1. The number of nitrogens with one attached hydrogen (secondary N) is 2. The first-order valence-electron chi connectivity index (χ1n) is 8.53. The molecule has 0 spiro atoms. The van der Waals surface area contributed by atoms with E-state index in [1.807, 2.05) is 0 Å². The van der Waals surface area contributed by atoms with E-state index in [2.05, 4.69) is 16.7 Å². The van der Waals surface area contributed by atoms with Crippen molar-refractivity contribution in [2.45, 2.75) is 43.7 Å². The highest BCUT2D eigenvalue weighted by Crippen LogP contribution is 2.32. The maximum Gasteiger partial charge on any atom is 0.325 e. The van der Waals surface area contributed by atoms with E-state index in [1.165, 1.54) is 6.92 Å². The largest absolute Gasteiger partial charge is 0.336 e. The third kappa shape index (κ3) is 3.23. The molecule has 27 heavy (non-hydrogen) atoms. The molecule has 142 valence electrons. The van der Waals surface area contributed by atoms with Gasteiger partial charge in [0.1, 0.15) is 29.3 Å². The molecule has 2 aliphatic rings. The normalized spacial score (nSPS) is 23.9. The second-order valence-electron chi connectivity index (χ2n) is 7.02. The van der Waals surface area contributed by atoms with Gasteiger partial charge in [-0.3, -0.25) is 14.5 Å². The summed E-state index contributed by atoms with van der Waals surface area (Å²) >= 11 is 0. The lowest BCUT2D eigenvalue weighted by atomic mass is 9.91. The molecule has 0 unspecified atom stereocenters. The molecule has 0 bridgehead atoms. The molecule has 9 heteroatoms. The number of urea groups is 1. The Morgan fingerprint density at radius 1 is 1.33 bits per heavy atom. The Bertz CT molecular complexity index is 861. The quantitative estimate of drug-likeness (QED) is 0.781. The second kappa shape index (κ2) is 6.61. The first-order valence-corrected chi connectivity index (χ1v) is 8.53. The molecule has 1 atom stereocenters. The number of hydrogen-bond acceptors (Lipinski definition) is 4. The summed E-state index contributed by atoms with van der Waals surface area (Å²) in [4.78, 5) is 37.9. The van der Waals surface area contributed by atoms with Gasteiger partial charge in [-0.2, -0.15) is 5.26 Å². The average molecular weight is 376 g/mol.